The van der Waals surface area contributed by atoms with Crippen LogP contribution < -0.4 is 5.32 Å². The van der Waals surface area contributed by atoms with Crippen LogP contribution in [0.25, 0.3) is 17.0 Å². The molecule has 7 nitrogen and oxygen atoms in total. The fourth-order valence-electron chi connectivity index (χ4n) is 3.80. The van der Waals surface area contributed by atoms with E-state index < -0.39 is 17.5 Å². The number of alkyl halides is 3. The number of phenolic OH excluding ortho intramolecular Hbond substituents is 1. The second-order valence-corrected chi connectivity index (χ2v) is 7.79. The molecule has 0 aliphatic carbocycles. The quantitative estimate of drug-likeness (QED) is 0.669. The Morgan fingerprint density at radius 3 is 2.73 bits per heavy atom. The van der Waals surface area contributed by atoms with Gasteiger partial charge in [0.25, 0.3) is 0 Å². The Kier molecular flexibility index (Phi) is 5.27. The molecule has 1 fully saturated rings. The first-order chi connectivity index (χ1) is 14.2. The summed E-state index contributed by atoms with van der Waals surface area (Å²) in [5.41, 5.74) is -0.279. The Bertz CT molecular complexity index is 1050. The van der Waals surface area contributed by atoms with Gasteiger partial charge in [0, 0.05) is 31.0 Å². The predicted molar refractivity (Wildman–Crippen MR) is 106 cm³/mol. The van der Waals surface area contributed by atoms with Gasteiger partial charge in [-0.05, 0) is 51.4 Å². The molecule has 0 amide bonds. The molecule has 1 saturated heterocycles. The van der Waals surface area contributed by atoms with Crippen molar-refractivity contribution in [3.05, 3.63) is 36.2 Å². The highest BCUT2D eigenvalue weighted by molar-refractivity contribution is 5.71. The average Bonchev–Trinajstić information content (AvgIpc) is 3.18. The van der Waals surface area contributed by atoms with Gasteiger partial charge in [0.15, 0.2) is 17.3 Å². The van der Waals surface area contributed by atoms with E-state index in [0.29, 0.717) is 23.6 Å². The summed E-state index contributed by atoms with van der Waals surface area (Å²) in [6, 6.07) is 3.44. The van der Waals surface area contributed by atoms with Gasteiger partial charge in [0.1, 0.15) is 5.75 Å². The zero-order valence-electron chi connectivity index (χ0n) is 16.7. The molecule has 0 spiro atoms. The number of hydrogen-bond acceptors (Lipinski definition) is 6. The van der Waals surface area contributed by atoms with Gasteiger partial charge in [0.2, 0.25) is 0 Å². The van der Waals surface area contributed by atoms with Gasteiger partial charge in [-0.3, -0.25) is 9.30 Å². The zero-order chi connectivity index (χ0) is 21.5. The van der Waals surface area contributed by atoms with Crippen LogP contribution in [0, 0.1) is 0 Å². The van der Waals surface area contributed by atoms with Gasteiger partial charge < -0.3 is 10.4 Å². The number of phenols is 1. The maximum absolute atomic E-state index is 12.9. The molecule has 0 radical (unpaired) electrons. The van der Waals surface area contributed by atoms with Crippen molar-refractivity contribution in [2.45, 2.75) is 44.9 Å². The molecule has 2 aromatic heterocycles. The number of hydrogen-bond donors (Lipinski definition) is 2. The van der Waals surface area contributed by atoms with E-state index in [9.17, 15) is 18.3 Å². The van der Waals surface area contributed by atoms with Crippen molar-refractivity contribution < 1.29 is 18.3 Å². The molecular weight excluding hydrogens is 397 g/mol. The van der Waals surface area contributed by atoms with Crippen LogP contribution in [-0.2, 0) is 6.18 Å². The standard InChI is InChI=1S/C20H23F3N6O/c1-12(2)28-8-3-4-14(11-28)25-17-19-24-7-9-29(19)18(27-26-17)15-6-5-13(10-16(15)30)20(21,22)23/h5-7,9-10,12,14,30H,3-4,8,11H2,1-2H3,(H,25,26)/t14-/m1/s1. The summed E-state index contributed by atoms with van der Waals surface area (Å²) in [6.07, 6.45) is 0.743. The summed E-state index contributed by atoms with van der Waals surface area (Å²) in [7, 11) is 0. The van der Waals surface area contributed by atoms with Crippen molar-refractivity contribution in [2.75, 3.05) is 18.4 Å². The molecule has 1 aliphatic heterocycles. The first-order valence-electron chi connectivity index (χ1n) is 9.85. The molecule has 3 heterocycles. The molecule has 160 valence electrons. The van der Waals surface area contributed by atoms with Crippen molar-refractivity contribution in [3.63, 3.8) is 0 Å². The van der Waals surface area contributed by atoms with Gasteiger partial charge in [0.05, 0.1) is 11.1 Å². The molecular formula is C20H23F3N6O. The zero-order valence-corrected chi connectivity index (χ0v) is 16.7. The monoisotopic (exact) mass is 420 g/mol. The third-order valence-corrected chi connectivity index (χ3v) is 5.42. The van der Waals surface area contributed by atoms with E-state index in [-0.39, 0.29) is 17.4 Å². The lowest BCUT2D eigenvalue weighted by molar-refractivity contribution is -0.137. The predicted octanol–water partition coefficient (Wildman–Crippen LogP) is 3.80. The van der Waals surface area contributed by atoms with Crippen LogP contribution in [0.15, 0.2) is 30.6 Å². The Hall–Kier alpha value is -2.88. The number of piperidine rings is 1. The molecule has 10 heteroatoms. The van der Waals surface area contributed by atoms with E-state index in [1.807, 2.05) is 0 Å². The number of rotatable bonds is 4. The van der Waals surface area contributed by atoms with E-state index in [1.54, 1.807) is 16.8 Å². The van der Waals surface area contributed by atoms with Gasteiger partial charge >= 0.3 is 6.18 Å². The Balaban J connectivity index is 1.65. The van der Waals surface area contributed by atoms with Crippen molar-refractivity contribution >= 4 is 11.5 Å². The molecule has 3 aromatic rings. The molecule has 1 aliphatic rings. The minimum Gasteiger partial charge on any atom is -0.507 e. The SMILES string of the molecule is CC(C)N1CCC[C@@H](Nc2nnc(-c3ccc(C(F)(F)F)cc3O)n3ccnc23)C1. The van der Waals surface area contributed by atoms with Crippen molar-refractivity contribution in [1.82, 2.24) is 24.5 Å². The van der Waals surface area contributed by atoms with E-state index >= 15 is 0 Å². The van der Waals surface area contributed by atoms with E-state index in [2.05, 4.69) is 39.2 Å². The van der Waals surface area contributed by atoms with Crippen LogP contribution in [0.2, 0.25) is 0 Å². The number of nitrogens with zero attached hydrogens (tertiary/aromatic N) is 5. The second kappa shape index (κ2) is 7.75. The van der Waals surface area contributed by atoms with E-state index in [4.69, 9.17) is 0 Å². The molecule has 0 saturated carbocycles. The van der Waals surface area contributed by atoms with Gasteiger partial charge in [-0.25, -0.2) is 4.98 Å². The van der Waals surface area contributed by atoms with Gasteiger partial charge in [-0.2, -0.15) is 13.2 Å². The lowest BCUT2D eigenvalue weighted by Crippen LogP contribution is -2.45. The maximum atomic E-state index is 12.9. The van der Waals surface area contributed by atoms with Crippen LogP contribution in [-0.4, -0.2) is 54.8 Å². The highest BCUT2D eigenvalue weighted by atomic mass is 19.4. The number of aromatic nitrogens is 4. The Labute approximate surface area is 171 Å². The third kappa shape index (κ3) is 3.91. The highest BCUT2D eigenvalue weighted by Gasteiger charge is 2.31. The first kappa shape index (κ1) is 20.4. The fraction of sp³-hybridized carbons (Fsp3) is 0.450. The number of aromatic hydroxyl groups is 1. The summed E-state index contributed by atoms with van der Waals surface area (Å²) in [4.78, 5) is 6.73. The minimum absolute atomic E-state index is 0.147. The van der Waals surface area contributed by atoms with Crippen molar-refractivity contribution in [3.8, 4) is 17.1 Å². The molecule has 30 heavy (non-hydrogen) atoms. The molecule has 1 atom stereocenters. The smallest absolute Gasteiger partial charge is 0.416 e. The van der Waals surface area contributed by atoms with Crippen LogP contribution >= 0.6 is 0 Å². The van der Waals surface area contributed by atoms with Gasteiger partial charge in [-0.15, -0.1) is 10.2 Å². The number of nitrogens with one attached hydrogen (secondary N) is 1. The Morgan fingerprint density at radius 1 is 1.23 bits per heavy atom. The number of imidazole rings is 1. The second-order valence-electron chi connectivity index (χ2n) is 7.79. The fourth-order valence-corrected chi connectivity index (χ4v) is 3.80. The molecule has 2 N–H and O–H groups in total. The average molecular weight is 420 g/mol. The van der Waals surface area contributed by atoms with Gasteiger partial charge in [-0.1, -0.05) is 0 Å². The molecule has 1 aromatic carbocycles. The number of benzene rings is 1. The van der Waals surface area contributed by atoms with Crippen LogP contribution in [0.5, 0.6) is 5.75 Å². The number of likely N-dealkylation sites (tertiary alicyclic amines) is 1. The minimum atomic E-state index is -4.54. The molecule has 0 bridgehead atoms. The first-order valence-corrected chi connectivity index (χ1v) is 9.85. The lowest BCUT2D eigenvalue weighted by atomic mass is 10.0. The summed E-state index contributed by atoms with van der Waals surface area (Å²) in [6.45, 7) is 6.28. The number of fused-ring (bicyclic) bond motifs is 1. The highest BCUT2D eigenvalue weighted by Crippen LogP contribution is 2.36. The largest absolute Gasteiger partial charge is 0.507 e. The summed E-state index contributed by atoms with van der Waals surface area (Å²) in [5.74, 6) is 0.201. The normalized spacial score (nSPS) is 18.3. The van der Waals surface area contributed by atoms with Crippen molar-refractivity contribution in [1.29, 1.82) is 0 Å². The van der Waals surface area contributed by atoms with E-state index in [1.165, 1.54) is 6.07 Å². The molecule has 4 rings (SSSR count). The lowest BCUT2D eigenvalue weighted by Gasteiger charge is -2.35. The molecule has 0 unspecified atom stereocenters. The van der Waals surface area contributed by atoms with Crippen LogP contribution in [0.1, 0.15) is 32.3 Å². The number of halogens is 3. The Morgan fingerprint density at radius 2 is 2.03 bits per heavy atom. The number of anilines is 1. The van der Waals surface area contributed by atoms with Crippen molar-refractivity contribution in [2.24, 2.45) is 0 Å². The summed E-state index contributed by atoms with van der Waals surface area (Å²) >= 11 is 0. The third-order valence-electron chi connectivity index (χ3n) is 5.42. The maximum Gasteiger partial charge on any atom is 0.416 e. The van der Waals surface area contributed by atoms with E-state index in [0.717, 1.165) is 32.0 Å². The van der Waals surface area contributed by atoms with Crippen LogP contribution in [0.3, 0.4) is 0 Å². The summed E-state index contributed by atoms with van der Waals surface area (Å²) < 4.78 is 40.3. The topological polar surface area (TPSA) is 78.6 Å². The van der Waals surface area contributed by atoms with Crippen LogP contribution in [0.4, 0.5) is 19.0 Å². The summed E-state index contributed by atoms with van der Waals surface area (Å²) in [5, 5.41) is 22.0.